The molecule has 1 aliphatic carbocycles. The van der Waals surface area contributed by atoms with Gasteiger partial charge >= 0.3 is 0 Å². The van der Waals surface area contributed by atoms with E-state index in [2.05, 4.69) is 28.6 Å². The van der Waals surface area contributed by atoms with E-state index in [1.165, 1.54) is 17.0 Å². The standard InChI is InChI=1S/C11H13N3S/c1-6-5-7(6)10-9(11(12)14-13-10)8-3-2-4-15-8/h2-4,6-7H,5H2,1H3,(H3,12,13,14). The number of H-pyrrole nitrogens is 1. The van der Waals surface area contributed by atoms with E-state index in [4.69, 9.17) is 5.73 Å². The Morgan fingerprint density at radius 3 is 3.00 bits per heavy atom. The molecule has 2 heterocycles. The van der Waals surface area contributed by atoms with Crippen molar-refractivity contribution in [3.63, 3.8) is 0 Å². The fourth-order valence-corrected chi connectivity index (χ4v) is 2.84. The van der Waals surface area contributed by atoms with Gasteiger partial charge in [0.05, 0.1) is 5.56 Å². The van der Waals surface area contributed by atoms with E-state index in [0.717, 1.165) is 11.5 Å². The van der Waals surface area contributed by atoms with Crippen molar-refractivity contribution in [2.24, 2.45) is 5.92 Å². The van der Waals surface area contributed by atoms with Crippen LogP contribution in [0.5, 0.6) is 0 Å². The number of aromatic nitrogens is 2. The lowest BCUT2D eigenvalue weighted by Gasteiger charge is -1.99. The second-order valence-electron chi connectivity index (χ2n) is 4.19. The van der Waals surface area contributed by atoms with Crippen LogP contribution in [0.2, 0.25) is 0 Å². The average Bonchev–Trinajstić information content (AvgIpc) is 2.70. The summed E-state index contributed by atoms with van der Waals surface area (Å²) >= 11 is 1.72. The Balaban J connectivity index is 2.09. The van der Waals surface area contributed by atoms with Crippen molar-refractivity contribution < 1.29 is 0 Å². The Hall–Kier alpha value is -1.29. The van der Waals surface area contributed by atoms with Crippen LogP contribution < -0.4 is 5.73 Å². The minimum Gasteiger partial charge on any atom is -0.382 e. The van der Waals surface area contributed by atoms with Crippen molar-refractivity contribution in [1.82, 2.24) is 10.2 Å². The van der Waals surface area contributed by atoms with Gasteiger partial charge in [-0.25, -0.2) is 0 Å². The molecule has 2 aromatic rings. The number of nitrogens with two attached hydrogens (primary N) is 1. The Morgan fingerprint density at radius 1 is 1.60 bits per heavy atom. The lowest BCUT2D eigenvalue weighted by Crippen LogP contribution is -1.88. The molecule has 0 aromatic carbocycles. The summed E-state index contributed by atoms with van der Waals surface area (Å²) in [6.07, 6.45) is 1.25. The van der Waals surface area contributed by atoms with Gasteiger partial charge in [0.15, 0.2) is 5.82 Å². The molecule has 4 heteroatoms. The predicted molar refractivity (Wildman–Crippen MR) is 62.8 cm³/mol. The maximum absolute atomic E-state index is 5.91. The van der Waals surface area contributed by atoms with E-state index in [0.29, 0.717) is 11.7 Å². The number of aromatic amines is 1. The molecule has 0 radical (unpaired) electrons. The molecular weight excluding hydrogens is 206 g/mol. The van der Waals surface area contributed by atoms with Gasteiger partial charge in [0, 0.05) is 16.5 Å². The van der Waals surface area contributed by atoms with Gasteiger partial charge in [-0.3, -0.25) is 5.10 Å². The molecule has 3 rings (SSSR count). The smallest absolute Gasteiger partial charge is 0.154 e. The van der Waals surface area contributed by atoms with Crippen molar-refractivity contribution in [3.8, 4) is 10.4 Å². The molecule has 0 aliphatic heterocycles. The van der Waals surface area contributed by atoms with Crippen molar-refractivity contribution >= 4 is 17.2 Å². The number of anilines is 1. The van der Waals surface area contributed by atoms with Crippen LogP contribution >= 0.6 is 11.3 Å². The number of hydrogen-bond donors (Lipinski definition) is 2. The molecule has 2 aromatic heterocycles. The predicted octanol–water partition coefficient (Wildman–Crippen LogP) is 2.84. The molecular formula is C11H13N3S. The number of nitrogens with zero attached hydrogens (tertiary/aromatic N) is 1. The number of nitrogen functional groups attached to an aromatic ring is 1. The van der Waals surface area contributed by atoms with Gasteiger partial charge in [-0.05, 0) is 23.8 Å². The van der Waals surface area contributed by atoms with E-state index in [1.54, 1.807) is 11.3 Å². The fourth-order valence-electron chi connectivity index (χ4n) is 2.04. The maximum Gasteiger partial charge on any atom is 0.154 e. The Morgan fingerprint density at radius 2 is 2.40 bits per heavy atom. The first-order chi connectivity index (χ1) is 7.27. The molecule has 1 aliphatic rings. The first-order valence-corrected chi connectivity index (χ1v) is 6.03. The summed E-state index contributed by atoms with van der Waals surface area (Å²) in [6.45, 7) is 2.26. The lowest BCUT2D eigenvalue weighted by atomic mass is 10.1. The first-order valence-electron chi connectivity index (χ1n) is 5.15. The number of thiophene rings is 1. The van der Waals surface area contributed by atoms with E-state index in [1.807, 2.05) is 6.07 Å². The summed E-state index contributed by atoms with van der Waals surface area (Å²) < 4.78 is 0. The molecule has 0 spiro atoms. The normalized spacial score (nSPS) is 24.3. The van der Waals surface area contributed by atoms with Gasteiger partial charge < -0.3 is 5.73 Å². The third-order valence-corrected chi connectivity index (χ3v) is 3.96. The topological polar surface area (TPSA) is 54.7 Å². The van der Waals surface area contributed by atoms with Crippen LogP contribution in [-0.2, 0) is 0 Å². The SMILES string of the molecule is CC1CC1c1[nH]nc(N)c1-c1cccs1. The maximum atomic E-state index is 5.91. The van der Waals surface area contributed by atoms with Crippen LogP contribution in [0.1, 0.15) is 25.0 Å². The monoisotopic (exact) mass is 219 g/mol. The highest BCUT2D eigenvalue weighted by Gasteiger charge is 2.38. The van der Waals surface area contributed by atoms with Crippen LogP contribution in [0.4, 0.5) is 5.82 Å². The van der Waals surface area contributed by atoms with Crippen LogP contribution in [0.15, 0.2) is 17.5 Å². The largest absolute Gasteiger partial charge is 0.382 e. The Bertz CT molecular complexity index is 472. The van der Waals surface area contributed by atoms with Crippen molar-refractivity contribution in [1.29, 1.82) is 0 Å². The summed E-state index contributed by atoms with van der Waals surface area (Å²) in [5.74, 6) is 2.03. The molecule has 78 valence electrons. The zero-order valence-electron chi connectivity index (χ0n) is 8.53. The summed E-state index contributed by atoms with van der Waals surface area (Å²) in [4.78, 5) is 1.22. The summed E-state index contributed by atoms with van der Waals surface area (Å²) in [6, 6.07) is 4.15. The molecule has 2 unspecified atom stereocenters. The van der Waals surface area contributed by atoms with Crippen molar-refractivity contribution in [3.05, 3.63) is 23.2 Å². The minimum absolute atomic E-state index is 0.631. The first kappa shape index (κ1) is 8.97. The highest BCUT2D eigenvalue weighted by Crippen LogP contribution is 2.50. The van der Waals surface area contributed by atoms with Gasteiger partial charge in [0.1, 0.15) is 0 Å². The summed E-state index contributed by atoms with van der Waals surface area (Å²) in [5, 5.41) is 9.29. The summed E-state index contributed by atoms with van der Waals surface area (Å²) in [7, 11) is 0. The lowest BCUT2D eigenvalue weighted by molar-refractivity contribution is 0.873. The van der Waals surface area contributed by atoms with E-state index < -0.39 is 0 Å². The highest BCUT2D eigenvalue weighted by atomic mass is 32.1. The average molecular weight is 219 g/mol. The molecule has 2 atom stereocenters. The molecule has 0 bridgehead atoms. The zero-order chi connectivity index (χ0) is 10.4. The number of nitrogens with one attached hydrogen (secondary N) is 1. The fraction of sp³-hybridized carbons (Fsp3) is 0.364. The Kier molecular flexibility index (Phi) is 1.85. The van der Waals surface area contributed by atoms with Crippen LogP contribution in [-0.4, -0.2) is 10.2 Å². The molecule has 1 saturated carbocycles. The van der Waals surface area contributed by atoms with Gasteiger partial charge in [-0.15, -0.1) is 11.3 Å². The van der Waals surface area contributed by atoms with Gasteiger partial charge in [0.25, 0.3) is 0 Å². The molecule has 1 fully saturated rings. The third-order valence-electron chi connectivity index (χ3n) is 3.07. The van der Waals surface area contributed by atoms with Gasteiger partial charge in [-0.2, -0.15) is 5.10 Å². The van der Waals surface area contributed by atoms with E-state index in [9.17, 15) is 0 Å². The van der Waals surface area contributed by atoms with Gasteiger partial charge in [0.2, 0.25) is 0 Å². The van der Waals surface area contributed by atoms with E-state index in [-0.39, 0.29) is 0 Å². The third kappa shape index (κ3) is 1.36. The Labute approximate surface area is 92.3 Å². The van der Waals surface area contributed by atoms with Crippen LogP contribution in [0, 0.1) is 5.92 Å². The van der Waals surface area contributed by atoms with Crippen molar-refractivity contribution in [2.45, 2.75) is 19.3 Å². The second-order valence-corrected chi connectivity index (χ2v) is 5.14. The minimum atomic E-state index is 0.631. The van der Waals surface area contributed by atoms with Crippen LogP contribution in [0.3, 0.4) is 0 Å². The zero-order valence-corrected chi connectivity index (χ0v) is 9.34. The van der Waals surface area contributed by atoms with Crippen LogP contribution in [0.25, 0.3) is 10.4 Å². The second kappa shape index (κ2) is 3.10. The number of hydrogen-bond acceptors (Lipinski definition) is 3. The molecule has 0 amide bonds. The molecule has 0 saturated heterocycles. The van der Waals surface area contributed by atoms with Gasteiger partial charge in [-0.1, -0.05) is 13.0 Å². The molecule has 15 heavy (non-hydrogen) atoms. The van der Waals surface area contributed by atoms with E-state index >= 15 is 0 Å². The van der Waals surface area contributed by atoms with Crippen molar-refractivity contribution in [2.75, 3.05) is 5.73 Å². The number of rotatable bonds is 2. The quantitative estimate of drug-likeness (QED) is 0.816. The molecule has 3 nitrogen and oxygen atoms in total. The summed E-state index contributed by atoms with van der Waals surface area (Å²) in [5.41, 5.74) is 8.26. The highest BCUT2D eigenvalue weighted by molar-refractivity contribution is 7.13. The molecule has 3 N–H and O–H groups in total.